The summed E-state index contributed by atoms with van der Waals surface area (Å²) in [5.41, 5.74) is 7.12. The summed E-state index contributed by atoms with van der Waals surface area (Å²) in [6.07, 6.45) is 0. The second kappa shape index (κ2) is 6.78. The number of nitrogens with zero attached hydrogens (tertiary/aromatic N) is 12. The molecule has 25 heavy (non-hydrogen) atoms. The van der Waals surface area contributed by atoms with Gasteiger partial charge >= 0.3 is 17.3 Å². The number of rotatable bonds is 7. The van der Waals surface area contributed by atoms with Crippen molar-refractivity contribution in [3.63, 3.8) is 0 Å². The minimum atomic E-state index is -1.05. The van der Waals surface area contributed by atoms with Gasteiger partial charge in [0.25, 0.3) is 0 Å². The van der Waals surface area contributed by atoms with Crippen molar-refractivity contribution in [1.29, 1.82) is 0 Å². The molecule has 2 rings (SSSR count). The van der Waals surface area contributed by atoms with Gasteiger partial charge < -0.3 is 20.2 Å². The third kappa shape index (κ3) is 3.50. The maximum absolute atomic E-state index is 11.1. The number of azide groups is 1. The molecule has 0 aliphatic heterocycles. The van der Waals surface area contributed by atoms with Crippen LogP contribution in [0.15, 0.2) is 10.2 Å². The van der Waals surface area contributed by atoms with Crippen molar-refractivity contribution < 1.29 is 14.9 Å². The van der Waals surface area contributed by atoms with Crippen LogP contribution in [-0.2, 0) is 13.1 Å². The Kier molecular flexibility index (Phi) is 4.60. The van der Waals surface area contributed by atoms with Crippen LogP contribution in [0.5, 0.6) is 0 Å². The van der Waals surface area contributed by atoms with Crippen molar-refractivity contribution in [3.8, 4) is 0 Å². The van der Waals surface area contributed by atoms with Gasteiger partial charge in [0, 0.05) is 4.91 Å². The van der Waals surface area contributed by atoms with Crippen LogP contribution < -0.4 is 5.62 Å². The largest absolute Gasteiger partial charge is 0.430 e. The zero-order chi connectivity index (χ0) is 18.6. The van der Waals surface area contributed by atoms with Crippen LogP contribution in [0.1, 0.15) is 0 Å². The molecule has 0 unspecified atom stereocenters. The fraction of sp³-hybridized carbons (Fsp3) is 0.333. The lowest BCUT2D eigenvalue weighted by Gasteiger charge is -1.97. The van der Waals surface area contributed by atoms with Gasteiger partial charge in [0.2, 0.25) is 5.69 Å². The van der Waals surface area contributed by atoms with Crippen molar-refractivity contribution in [2.45, 2.75) is 13.1 Å². The number of aryl methyl sites for hydroxylation is 2. The quantitative estimate of drug-likeness (QED) is 0.217. The van der Waals surface area contributed by atoms with Crippen molar-refractivity contribution in [3.05, 3.63) is 46.4 Å². The Morgan fingerprint density at radius 2 is 1.92 bits per heavy atom. The highest BCUT2D eigenvalue weighted by Gasteiger charge is 2.36. The zero-order valence-electron chi connectivity index (χ0n) is 11.7. The molecule has 0 saturated carbocycles. The second-order valence-electron chi connectivity index (χ2n) is 4.01. The van der Waals surface area contributed by atoms with E-state index in [2.05, 4.69) is 35.8 Å². The predicted molar refractivity (Wildman–Crippen MR) is 71.3 cm³/mol. The molecule has 2 heterocycles. The van der Waals surface area contributed by atoms with E-state index in [4.69, 9.17) is 5.53 Å². The molecular formula is C6H5N13O6. The molecule has 130 valence electrons. The van der Waals surface area contributed by atoms with Crippen LogP contribution in [-0.4, -0.2) is 44.9 Å². The van der Waals surface area contributed by atoms with Gasteiger partial charge in [0.05, 0.1) is 6.54 Å². The highest BCUT2D eigenvalue weighted by molar-refractivity contribution is 5.64. The van der Waals surface area contributed by atoms with Crippen LogP contribution in [0.25, 0.3) is 10.4 Å². The standard InChI is InChI=1S/C6H5N13O6/c7-12-8-3-4(17(20)21)10-15(5(3)18(22)23)1-2-16-6(9-13-14-16)11-19(24)25/h1-2H2,(H,9,11,14). The SMILES string of the molecule is [N-]=[N+]=Nc1c([N+](=O)[O-])nn(CCn2[nH]nn/c2=N\[N+](=O)[O-])c1[N+](=O)[O-]. The van der Waals surface area contributed by atoms with E-state index in [9.17, 15) is 30.3 Å². The van der Waals surface area contributed by atoms with Crippen LogP contribution in [0.2, 0.25) is 0 Å². The first-order chi connectivity index (χ1) is 11.8. The molecule has 0 spiro atoms. The Bertz CT molecular complexity index is 958. The molecule has 19 heteroatoms. The van der Waals surface area contributed by atoms with E-state index in [1.165, 1.54) is 0 Å². The molecule has 0 bridgehead atoms. The summed E-state index contributed by atoms with van der Waals surface area (Å²) >= 11 is 0. The Hall–Kier alpha value is -4.41. The maximum Gasteiger partial charge on any atom is 0.430 e. The fourth-order valence-corrected chi connectivity index (χ4v) is 1.74. The summed E-state index contributed by atoms with van der Waals surface area (Å²) in [4.78, 5) is 32.6. The smallest absolute Gasteiger partial charge is 0.358 e. The number of aromatic amines is 1. The van der Waals surface area contributed by atoms with E-state index in [1.807, 2.05) is 0 Å². The lowest BCUT2D eigenvalue weighted by Crippen LogP contribution is -2.24. The van der Waals surface area contributed by atoms with Gasteiger partial charge in [-0.3, -0.25) is 0 Å². The van der Waals surface area contributed by atoms with E-state index in [1.54, 1.807) is 0 Å². The average molecular weight is 355 g/mol. The molecule has 2 aromatic rings. The molecular weight excluding hydrogens is 350 g/mol. The van der Waals surface area contributed by atoms with E-state index in [0.29, 0.717) is 4.68 Å². The summed E-state index contributed by atoms with van der Waals surface area (Å²) in [6, 6.07) is 0. The Morgan fingerprint density at radius 1 is 1.20 bits per heavy atom. The molecule has 19 nitrogen and oxygen atoms in total. The topological polar surface area (TPSA) is 255 Å². The minimum absolute atomic E-state index is 0.241. The number of H-pyrrole nitrogens is 1. The lowest BCUT2D eigenvalue weighted by molar-refractivity contribution is -0.491. The molecule has 0 aliphatic rings. The van der Waals surface area contributed by atoms with Gasteiger partial charge in [-0.2, -0.15) is 5.21 Å². The number of aromatic nitrogens is 6. The van der Waals surface area contributed by atoms with Gasteiger partial charge in [-0.05, 0) is 30.4 Å². The van der Waals surface area contributed by atoms with Crippen molar-refractivity contribution >= 4 is 17.3 Å². The zero-order valence-corrected chi connectivity index (χ0v) is 11.7. The van der Waals surface area contributed by atoms with Gasteiger partial charge in [-0.25, -0.2) is 14.8 Å². The minimum Gasteiger partial charge on any atom is -0.358 e. The molecule has 0 saturated heterocycles. The second-order valence-corrected chi connectivity index (χ2v) is 4.01. The highest BCUT2D eigenvalue weighted by Crippen LogP contribution is 2.36. The number of nitrogens with one attached hydrogen (secondary N) is 1. The van der Waals surface area contributed by atoms with Crippen molar-refractivity contribution in [2.75, 3.05) is 0 Å². The van der Waals surface area contributed by atoms with Crippen LogP contribution in [0.4, 0.5) is 17.3 Å². The first kappa shape index (κ1) is 17.0. The molecule has 0 amide bonds. The summed E-state index contributed by atoms with van der Waals surface area (Å²) in [5, 5.41) is 49.4. The third-order valence-electron chi connectivity index (χ3n) is 2.63. The molecule has 0 atom stereocenters. The first-order valence-electron chi connectivity index (χ1n) is 5.96. The average Bonchev–Trinajstić information content (AvgIpc) is 3.09. The normalized spacial score (nSPS) is 11.1. The maximum atomic E-state index is 11.1. The van der Waals surface area contributed by atoms with Crippen molar-refractivity contribution in [2.24, 2.45) is 10.2 Å². The van der Waals surface area contributed by atoms with E-state index >= 15 is 0 Å². The van der Waals surface area contributed by atoms with Gasteiger partial charge in [-0.1, -0.05) is 5.10 Å². The Balaban J connectivity index is 2.44. The fourth-order valence-electron chi connectivity index (χ4n) is 1.74. The highest BCUT2D eigenvalue weighted by atomic mass is 16.7. The van der Waals surface area contributed by atoms with Gasteiger partial charge in [-0.15, -0.1) is 0 Å². The number of hydrogen-bond acceptors (Lipinski definition) is 10. The molecule has 0 fully saturated rings. The van der Waals surface area contributed by atoms with Crippen LogP contribution >= 0.6 is 0 Å². The first-order valence-corrected chi connectivity index (χ1v) is 5.96. The lowest BCUT2D eigenvalue weighted by atomic mass is 10.5. The molecule has 0 aromatic carbocycles. The van der Waals surface area contributed by atoms with Gasteiger partial charge in [0.15, 0.2) is 11.6 Å². The van der Waals surface area contributed by atoms with E-state index < -0.39 is 37.8 Å². The number of nitro groups is 3. The molecule has 2 aromatic heterocycles. The summed E-state index contributed by atoms with van der Waals surface area (Å²) in [7, 11) is 0. The molecule has 0 radical (unpaired) electrons. The molecule has 1 N–H and O–H groups in total. The predicted octanol–water partition coefficient (Wildman–Crippen LogP) is -0.646. The number of tetrazole rings is 1. The number of hydrogen-bond donors (Lipinski definition) is 1. The van der Waals surface area contributed by atoms with E-state index in [0.717, 1.165) is 4.68 Å². The Labute approximate surface area is 133 Å². The van der Waals surface area contributed by atoms with Crippen LogP contribution in [0, 0.1) is 30.3 Å². The summed E-state index contributed by atoms with van der Waals surface area (Å²) in [5.74, 6) is -1.92. The Morgan fingerprint density at radius 3 is 2.48 bits per heavy atom. The van der Waals surface area contributed by atoms with Crippen molar-refractivity contribution in [1.82, 2.24) is 30.0 Å². The monoisotopic (exact) mass is 355 g/mol. The van der Waals surface area contributed by atoms with Gasteiger partial charge in [0.1, 0.15) is 10.2 Å². The third-order valence-corrected chi connectivity index (χ3v) is 2.63. The molecule has 0 aliphatic carbocycles. The van der Waals surface area contributed by atoms with E-state index in [-0.39, 0.29) is 13.1 Å². The summed E-state index contributed by atoms with van der Waals surface area (Å²) < 4.78 is 1.55. The van der Waals surface area contributed by atoms with Crippen LogP contribution in [0.3, 0.4) is 0 Å². The summed E-state index contributed by atoms with van der Waals surface area (Å²) in [6.45, 7) is -0.609.